The maximum Gasteiger partial charge on any atom is 0.247 e. The molecule has 84 heavy (non-hydrogen) atoms. The topological polar surface area (TPSA) is 88.7 Å². The zero-order chi connectivity index (χ0) is 58.6. The van der Waals surface area contributed by atoms with Crippen LogP contribution in [0.2, 0.25) is 0 Å². The van der Waals surface area contributed by atoms with Gasteiger partial charge in [0, 0.05) is 91.0 Å². The molecule has 10 heteroatoms. The predicted molar refractivity (Wildman–Crippen MR) is 343 cm³/mol. The monoisotopic (exact) mass is 1130 g/mol. The first-order valence-electron chi connectivity index (χ1n) is 30.9. The number of unbranched alkanes of at least 4 members (excludes halogenated alkanes) is 4. The van der Waals surface area contributed by atoms with E-state index in [-0.39, 0.29) is 23.8 Å². The van der Waals surface area contributed by atoms with Crippen molar-refractivity contribution in [2.45, 2.75) is 116 Å². The molecule has 0 saturated carbocycles. The summed E-state index contributed by atoms with van der Waals surface area (Å²) in [6.07, 6.45) is 14.1. The number of rotatable bonds is 27. The van der Waals surface area contributed by atoms with Crippen molar-refractivity contribution in [2.75, 3.05) is 59.5 Å². The first-order valence-corrected chi connectivity index (χ1v) is 30.9. The number of hydrogen-bond donors (Lipinski definition) is 1. The number of ether oxygens (including phenoxy) is 1. The Hall–Kier alpha value is -7.63. The first kappa shape index (κ1) is 62.4. The minimum absolute atomic E-state index is 0.00229. The second-order valence-corrected chi connectivity index (χ2v) is 22.6. The van der Waals surface area contributed by atoms with E-state index in [2.05, 4.69) is 161 Å². The van der Waals surface area contributed by atoms with E-state index >= 15 is 0 Å². The minimum Gasteiger partial charge on any atom is -0.497 e. The predicted octanol–water partition coefficient (Wildman–Crippen LogP) is 12.9. The molecule has 9 rings (SSSR count). The summed E-state index contributed by atoms with van der Waals surface area (Å²) in [4.78, 5) is 53.0. The maximum atomic E-state index is 14.5. The lowest BCUT2D eigenvalue weighted by Crippen LogP contribution is -2.56. The van der Waals surface area contributed by atoms with E-state index in [1.165, 1.54) is 71.9 Å². The second-order valence-electron chi connectivity index (χ2n) is 22.6. The molecule has 10 nitrogen and oxygen atoms in total. The van der Waals surface area contributed by atoms with Gasteiger partial charge >= 0.3 is 0 Å². The van der Waals surface area contributed by atoms with Gasteiger partial charge in [-0.3, -0.25) is 24.2 Å². The van der Waals surface area contributed by atoms with Crippen LogP contribution >= 0.6 is 0 Å². The Bertz CT molecular complexity index is 3030. The molecule has 2 saturated heterocycles. The molecule has 2 atom stereocenters. The summed E-state index contributed by atoms with van der Waals surface area (Å²) in [5.41, 5.74) is 10.6. The molecule has 440 valence electrons. The summed E-state index contributed by atoms with van der Waals surface area (Å²) in [6.45, 7) is 13.6. The average Bonchev–Trinajstić information content (AvgIpc) is 3.60. The third-order valence-electron chi connectivity index (χ3n) is 16.3. The number of nitrogens with zero attached hydrogens (tertiary/aromatic N) is 5. The molecule has 0 aliphatic carbocycles. The molecule has 2 heterocycles. The van der Waals surface area contributed by atoms with Gasteiger partial charge in [0.25, 0.3) is 0 Å². The van der Waals surface area contributed by atoms with Crippen molar-refractivity contribution in [2.24, 2.45) is 0 Å². The van der Waals surface area contributed by atoms with Crippen molar-refractivity contribution in [3.8, 4) is 5.75 Å². The van der Waals surface area contributed by atoms with Crippen LogP contribution in [0.15, 0.2) is 200 Å². The van der Waals surface area contributed by atoms with E-state index in [1.807, 2.05) is 71.6 Å². The standard InChI is InChI=1S/C42H49N3O3.C32H41N3O/c1-3-4-7-13-34-20-22-38(23-21-34)33-45(41(46)25-24-36-18-12-19-39(30-36)48-2)40(31-35-14-8-5-9-15-35)42(47)44-28-26-43(27-29-44)32-37-16-10-6-11-17-37;1-2-3-6-11-27-16-18-29(19-17-27)25-33-31(24-28-12-7-4-8-13-28)32(36)35-22-20-34(21-23-35)26-30-14-9-5-10-15-30/h5-6,8-12,14-25,30,40H,3-4,7,13,26-29,31-33H2,1-2H3;4-5,7-10,12-19,31,33H,2-3,6,11,20-26H2,1H3/b25-24+;/t40-;31-/m00/s1. The number of hydrogen-bond acceptors (Lipinski definition) is 7. The summed E-state index contributed by atoms with van der Waals surface area (Å²) in [5.74, 6) is 0.748. The number of aryl methyl sites for hydroxylation is 2. The Morgan fingerprint density at radius 1 is 0.488 bits per heavy atom. The zero-order valence-corrected chi connectivity index (χ0v) is 50.2. The van der Waals surface area contributed by atoms with E-state index in [1.54, 1.807) is 24.2 Å². The summed E-state index contributed by atoms with van der Waals surface area (Å²) in [6, 6.07) is 65.7. The van der Waals surface area contributed by atoms with Crippen LogP contribution in [0.25, 0.3) is 6.08 Å². The molecule has 0 bridgehead atoms. The van der Waals surface area contributed by atoms with Crippen molar-refractivity contribution in [3.63, 3.8) is 0 Å². The van der Waals surface area contributed by atoms with Gasteiger partial charge in [-0.25, -0.2) is 0 Å². The molecular formula is C74H90N6O4. The fourth-order valence-electron chi connectivity index (χ4n) is 11.2. The summed E-state index contributed by atoms with van der Waals surface area (Å²) in [5, 5.41) is 3.60. The maximum absolute atomic E-state index is 14.5. The third kappa shape index (κ3) is 20.3. The average molecular weight is 1130 g/mol. The largest absolute Gasteiger partial charge is 0.497 e. The molecule has 0 aromatic heterocycles. The van der Waals surface area contributed by atoms with E-state index in [0.717, 1.165) is 87.6 Å². The Morgan fingerprint density at radius 3 is 1.43 bits per heavy atom. The van der Waals surface area contributed by atoms with Gasteiger partial charge in [0.05, 0.1) is 13.2 Å². The minimum atomic E-state index is -0.653. The van der Waals surface area contributed by atoms with Crippen LogP contribution in [0.1, 0.15) is 102 Å². The van der Waals surface area contributed by atoms with Gasteiger partial charge < -0.3 is 24.8 Å². The smallest absolute Gasteiger partial charge is 0.247 e. The summed E-state index contributed by atoms with van der Waals surface area (Å²) in [7, 11) is 1.63. The van der Waals surface area contributed by atoms with Crippen LogP contribution in [0.4, 0.5) is 0 Å². The lowest BCUT2D eigenvalue weighted by molar-refractivity contribution is -0.145. The zero-order valence-electron chi connectivity index (χ0n) is 50.2. The van der Waals surface area contributed by atoms with Gasteiger partial charge in [0.15, 0.2) is 0 Å². The van der Waals surface area contributed by atoms with Crippen molar-refractivity contribution in [1.29, 1.82) is 0 Å². The number of carbonyl (C=O) groups excluding carboxylic acids is 3. The molecule has 2 aliphatic heterocycles. The molecule has 7 aromatic rings. The van der Waals surface area contributed by atoms with Crippen LogP contribution < -0.4 is 10.1 Å². The van der Waals surface area contributed by atoms with Crippen LogP contribution in [-0.2, 0) is 66.2 Å². The highest BCUT2D eigenvalue weighted by molar-refractivity contribution is 5.96. The highest BCUT2D eigenvalue weighted by Gasteiger charge is 2.34. The lowest BCUT2D eigenvalue weighted by atomic mass is 10.0. The number of piperazine rings is 2. The molecule has 0 radical (unpaired) electrons. The molecule has 0 unspecified atom stereocenters. The lowest BCUT2D eigenvalue weighted by Gasteiger charge is -2.39. The van der Waals surface area contributed by atoms with Gasteiger partial charge in [-0.05, 0) is 100 Å². The highest BCUT2D eigenvalue weighted by Crippen LogP contribution is 2.22. The Balaban J connectivity index is 0.000000228. The van der Waals surface area contributed by atoms with Crippen molar-refractivity contribution < 1.29 is 19.1 Å². The molecule has 2 aliphatic rings. The molecule has 2 fully saturated rings. The van der Waals surface area contributed by atoms with Crippen LogP contribution in [0.5, 0.6) is 5.75 Å². The van der Waals surface area contributed by atoms with E-state index in [9.17, 15) is 14.4 Å². The molecule has 0 spiro atoms. The quantitative estimate of drug-likeness (QED) is 0.0405. The first-order chi connectivity index (χ1) is 41.2. The van der Waals surface area contributed by atoms with Crippen molar-refractivity contribution >= 4 is 23.8 Å². The van der Waals surface area contributed by atoms with Gasteiger partial charge in [0.2, 0.25) is 17.7 Å². The van der Waals surface area contributed by atoms with Crippen LogP contribution in [0, 0.1) is 0 Å². The summed E-state index contributed by atoms with van der Waals surface area (Å²) >= 11 is 0. The van der Waals surface area contributed by atoms with Crippen molar-refractivity contribution in [3.05, 3.63) is 250 Å². The Labute approximate surface area is 502 Å². The van der Waals surface area contributed by atoms with Gasteiger partial charge in [0.1, 0.15) is 11.8 Å². The second kappa shape index (κ2) is 34.2. The summed E-state index contributed by atoms with van der Waals surface area (Å²) < 4.78 is 5.39. The fourth-order valence-corrected chi connectivity index (χ4v) is 11.2. The third-order valence-corrected chi connectivity index (χ3v) is 16.3. The van der Waals surface area contributed by atoms with E-state index in [4.69, 9.17) is 4.74 Å². The van der Waals surface area contributed by atoms with Crippen LogP contribution in [-0.4, -0.2) is 114 Å². The van der Waals surface area contributed by atoms with Crippen molar-refractivity contribution in [1.82, 2.24) is 29.8 Å². The van der Waals surface area contributed by atoms with E-state index in [0.29, 0.717) is 39.0 Å². The van der Waals surface area contributed by atoms with E-state index < -0.39 is 6.04 Å². The van der Waals surface area contributed by atoms with Gasteiger partial charge in [-0.2, -0.15) is 0 Å². The van der Waals surface area contributed by atoms with Gasteiger partial charge in [-0.1, -0.05) is 222 Å². The number of nitrogens with one attached hydrogen (secondary N) is 1. The number of amides is 3. The number of methoxy groups -OCH3 is 1. The SMILES string of the molecule is CCCCCc1ccc(CN(C(=O)/C=C/c2cccc(OC)c2)[C@@H](Cc2ccccc2)C(=O)N2CCN(Cc3ccccc3)CC2)cc1.CCCCCc1ccc(CN[C@@H](Cc2ccccc2)C(=O)N2CCN(Cc3ccccc3)CC2)cc1. The highest BCUT2D eigenvalue weighted by atomic mass is 16.5. The molecular weight excluding hydrogens is 1040 g/mol. The molecule has 7 aromatic carbocycles. The molecule has 1 N–H and O–H groups in total. The number of carbonyl (C=O) groups is 3. The van der Waals surface area contributed by atoms with Gasteiger partial charge in [-0.15, -0.1) is 0 Å². The number of benzene rings is 7. The normalized spacial score (nSPS) is 14.6. The Morgan fingerprint density at radius 2 is 0.940 bits per heavy atom. The molecule has 3 amide bonds. The fraction of sp³-hybridized carbons (Fsp3) is 0.365. The van der Waals surface area contributed by atoms with Crippen LogP contribution in [0.3, 0.4) is 0 Å². The Kier molecular flexibility index (Phi) is 25.4.